The van der Waals surface area contributed by atoms with Gasteiger partial charge in [-0.1, -0.05) is 12.5 Å². The summed E-state index contributed by atoms with van der Waals surface area (Å²) in [6, 6.07) is 4.26. The van der Waals surface area contributed by atoms with E-state index in [1.54, 1.807) is 0 Å². The standard InChI is InChI=1S/C19H28N4O/c1-14-7-8-15(18(21-14)22-9-2-3-10-22)11-20-19(24)23-12-16-5-4-6-17(16)13-23/h7-8,16-17H,2-6,9-13H2,1H3,(H,20,24)/t16-,17-/m0/s1. The minimum absolute atomic E-state index is 0.0948. The van der Waals surface area contributed by atoms with Crippen molar-refractivity contribution < 1.29 is 4.79 Å². The van der Waals surface area contributed by atoms with Crippen molar-refractivity contribution in [1.82, 2.24) is 15.2 Å². The van der Waals surface area contributed by atoms with Gasteiger partial charge in [0.1, 0.15) is 5.82 Å². The van der Waals surface area contributed by atoms with Gasteiger partial charge < -0.3 is 15.1 Å². The number of aryl methyl sites for hydroxylation is 1. The second kappa shape index (κ2) is 6.61. The Morgan fingerprint density at radius 1 is 1.17 bits per heavy atom. The highest BCUT2D eigenvalue weighted by atomic mass is 16.2. The van der Waals surface area contributed by atoms with Crippen LogP contribution in [0.25, 0.3) is 0 Å². The van der Waals surface area contributed by atoms with E-state index in [1.165, 1.54) is 32.1 Å². The van der Waals surface area contributed by atoms with E-state index in [0.717, 1.165) is 55.1 Å². The van der Waals surface area contributed by atoms with Crippen molar-refractivity contribution in [2.75, 3.05) is 31.1 Å². The van der Waals surface area contributed by atoms with Crippen molar-refractivity contribution in [1.29, 1.82) is 0 Å². The topological polar surface area (TPSA) is 48.5 Å². The largest absolute Gasteiger partial charge is 0.356 e. The molecule has 24 heavy (non-hydrogen) atoms. The van der Waals surface area contributed by atoms with E-state index in [-0.39, 0.29) is 6.03 Å². The number of amides is 2. The van der Waals surface area contributed by atoms with Crippen molar-refractivity contribution in [2.24, 2.45) is 11.8 Å². The fourth-order valence-corrected chi connectivity index (χ4v) is 4.60. The number of aromatic nitrogens is 1. The van der Waals surface area contributed by atoms with E-state index in [1.807, 2.05) is 17.9 Å². The Balaban J connectivity index is 1.39. The average Bonchev–Trinajstić information content (AvgIpc) is 3.29. The number of fused-ring (bicyclic) bond motifs is 1. The molecule has 2 amide bonds. The molecule has 0 aromatic carbocycles. The second-order valence-electron chi connectivity index (χ2n) is 7.64. The number of hydrogen-bond donors (Lipinski definition) is 1. The van der Waals surface area contributed by atoms with Crippen molar-refractivity contribution >= 4 is 11.8 Å². The number of urea groups is 1. The number of nitrogens with zero attached hydrogens (tertiary/aromatic N) is 3. The van der Waals surface area contributed by atoms with Gasteiger partial charge in [0.15, 0.2) is 0 Å². The zero-order valence-electron chi connectivity index (χ0n) is 14.6. The van der Waals surface area contributed by atoms with Crippen LogP contribution in [0.1, 0.15) is 43.4 Å². The Hall–Kier alpha value is -1.78. The Bertz CT molecular complexity index is 599. The van der Waals surface area contributed by atoms with Crippen LogP contribution in [0.5, 0.6) is 0 Å². The number of pyridine rings is 1. The molecule has 0 bridgehead atoms. The third-order valence-electron chi connectivity index (χ3n) is 5.94. The number of carbonyl (C=O) groups is 1. The molecule has 1 aliphatic carbocycles. The van der Waals surface area contributed by atoms with Gasteiger partial charge in [0.2, 0.25) is 0 Å². The zero-order chi connectivity index (χ0) is 16.5. The molecule has 1 saturated carbocycles. The van der Waals surface area contributed by atoms with Crippen molar-refractivity contribution in [3.8, 4) is 0 Å². The van der Waals surface area contributed by atoms with Crippen LogP contribution in [0.15, 0.2) is 12.1 Å². The van der Waals surface area contributed by atoms with Gasteiger partial charge in [-0.25, -0.2) is 9.78 Å². The average molecular weight is 328 g/mol. The lowest BCUT2D eigenvalue weighted by atomic mass is 10.0. The lowest BCUT2D eigenvalue weighted by molar-refractivity contribution is 0.204. The van der Waals surface area contributed by atoms with Gasteiger partial charge in [-0.05, 0) is 50.5 Å². The van der Waals surface area contributed by atoms with Crippen LogP contribution in [0.4, 0.5) is 10.6 Å². The van der Waals surface area contributed by atoms with Gasteiger partial charge in [-0.2, -0.15) is 0 Å². The third kappa shape index (κ3) is 3.08. The van der Waals surface area contributed by atoms with Gasteiger partial charge in [0.25, 0.3) is 0 Å². The Labute approximate surface area is 144 Å². The molecule has 4 rings (SSSR count). The predicted molar refractivity (Wildman–Crippen MR) is 95.1 cm³/mol. The van der Waals surface area contributed by atoms with Crippen molar-refractivity contribution in [3.63, 3.8) is 0 Å². The monoisotopic (exact) mass is 328 g/mol. The Morgan fingerprint density at radius 3 is 2.58 bits per heavy atom. The van der Waals surface area contributed by atoms with Gasteiger partial charge in [-0.3, -0.25) is 0 Å². The zero-order valence-corrected chi connectivity index (χ0v) is 14.6. The molecule has 130 valence electrons. The summed E-state index contributed by atoms with van der Waals surface area (Å²) in [7, 11) is 0. The lowest BCUT2D eigenvalue weighted by Gasteiger charge is -2.22. The first kappa shape index (κ1) is 15.7. The molecule has 0 spiro atoms. The van der Waals surface area contributed by atoms with Gasteiger partial charge >= 0.3 is 6.03 Å². The Kier molecular flexibility index (Phi) is 4.33. The number of anilines is 1. The summed E-state index contributed by atoms with van der Waals surface area (Å²) in [4.78, 5) is 21.6. The van der Waals surface area contributed by atoms with Crippen LogP contribution in [0.2, 0.25) is 0 Å². The maximum Gasteiger partial charge on any atom is 0.317 e. The molecule has 1 aromatic heterocycles. The number of carbonyl (C=O) groups excluding carboxylic acids is 1. The number of likely N-dealkylation sites (tertiary alicyclic amines) is 1. The van der Waals surface area contributed by atoms with Crippen LogP contribution in [-0.4, -0.2) is 42.1 Å². The van der Waals surface area contributed by atoms with Crippen molar-refractivity contribution in [2.45, 2.75) is 45.6 Å². The second-order valence-corrected chi connectivity index (χ2v) is 7.64. The third-order valence-corrected chi connectivity index (χ3v) is 5.94. The molecule has 2 saturated heterocycles. The summed E-state index contributed by atoms with van der Waals surface area (Å²) >= 11 is 0. The molecular weight excluding hydrogens is 300 g/mol. The molecule has 5 heteroatoms. The van der Waals surface area contributed by atoms with E-state index >= 15 is 0 Å². The maximum absolute atomic E-state index is 12.5. The molecular formula is C19H28N4O. The first-order valence-electron chi connectivity index (χ1n) is 9.45. The quantitative estimate of drug-likeness (QED) is 0.928. The lowest BCUT2D eigenvalue weighted by Crippen LogP contribution is -2.39. The highest BCUT2D eigenvalue weighted by Crippen LogP contribution is 2.37. The molecule has 2 atom stereocenters. The number of rotatable bonds is 3. The fourth-order valence-electron chi connectivity index (χ4n) is 4.60. The maximum atomic E-state index is 12.5. The number of hydrogen-bond acceptors (Lipinski definition) is 3. The normalized spacial score (nSPS) is 26.0. The molecule has 0 unspecified atom stereocenters. The summed E-state index contributed by atoms with van der Waals surface area (Å²) < 4.78 is 0. The van der Waals surface area contributed by atoms with Gasteiger partial charge in [-0.15, -0.1) is 0 Å². The van der Waals surface area contributed by atoms with E-state index in [2.05, 4.69) is 16.3 Å². The first-order valence-corrected chi connectivity index (χ1v) is 9.45. The molecule has 5 nitrogen and oxygen atoms in total. The van der Waals surface area contributed by atoms with E-state index in [9.17, 15) is 4.79 Å². The van der Waals surface area contributed by atoms with E-state index in [0.29, 0.717) is 6.54 Å². The minimum atomic E-state index is 0.0948. The summed E-state index contributed by atoms with van der Waals surface area (Å²) in [5.41, 5.74) is 2.18. The molecule has 3 heterocycles. The molecule has 1 aromatic rings. The van der Waals surface area contributed by atoms with Crippen LogP contribution < -0.4 is 10.2 Å². The van der Waals surface area contributed by atoms with E-state index < -0.39 is 0 Å². The van der Waals surface area contributed by atoms with Crippen LogP contribution in [-0.2, 0) is 6.54 Å². The van der Waals surface area contributed by atoms with Crippen LogP contribution in [0.3, 0.4) is 0 Å². The molecule has 3 aliphatic rings. The van der Waals surface area contributed by atoms with Gasteiger partial charge in [0, 0.05) is 44.0 Å². The highest BCUT2D eigenvalue weighted by molar-refractivity contribution is 5.74. The fraction of sp³-hybridized carbons (Fsp3) is 0.684. The summed E-state index contributed by atoms with van der Waals surface area (Å²) in [5, 5.41) is 3.13. The molecule has 3 fully saturated rings. The molecule has 0 radical (unpaired) electrons. The highest BCUT2D eigenvalue weighted by Gasteiger charge is 2.37. The minimum Gasteiger partial charge on any atom is -0.356 e. The molecule has 1 N–H and O–H groups in total. The van der Waals surface area contributed by atoms with Crippen LogP contribution >= 0.6 is 0 Å². The molecule has 2 aliphatic heterocycles. The SMILES string of the molecule is Cc1ccc(CNC(=O)N2C[C@@H]3CCC[C@H]3C2)c(N2CCCC2)n1. The summed E-state index contributed by atoms with van der Waals surface area (Å²) in [5.74, 6) is 2.56. The summed E-state index contributed by atoms with van der Waals surface area (Å²) in [6.45, 7) is 6.65. The van der Waals surface area contributed by atoms with E-state index in [4.69, 9.17) is 4.98 Å². The van der Waals surface area contributed by atoms with Crippen molar-refractivity contribution in [3.05, 3.63) is 23.4 Å². The summed E-state index contributed by atoms with van der Waals surface area (Å²) in [6.07, 6.45) is 6.42. The Morgan fingerprint density at radius 2 is 1.88 bits per heavy atom. The predicted octanol–water partition coefficient (Wildman–Crippen LogP) is 2.93. The van der Waals surface area contributed by atoms with Gasteiger partial charge in [0.05, 0.1) is 0 Å². The first-order chi connectivity index (χ1) is 11.7. The smallest absolute Gasteiger partial charge is 0.317 e. The van der Waals surface area contributed by atoms with Crippen LogP contribution in [0, 0.1) is 18.8 Å². The number of nitrogens with one attached hydrogen (secondary N) is 1.